The van der Waals surface area contributed by atoms with Crippen LogP contribution >= 0.6 is 0 Å². The summed E-state index contributed by atoms with van der Waals surface area (Å²) in [6.45, 7) is 4.49. The maximum absolute atomic E-state index is 12.5. The number of carbonyl (C=O) groups excluding carboxylic acids is 1. The van der Waals surface area contributed by atoms with Crippen LogP contribution in [0.2, 0.25) is 0 Å². The molecule has 0 radical (unpaired) electrons. The van der Waals surface area contributed by atoms with Crippen LogP contribution in [0.1, 0.15) is 13.0 Å². The minimum atomic E-state index is -0.348. The van der Waals surface area contributed by atoms with Crippen LogP contribution in [0.3, 0.4) is 0 Å². The van der Waals surface area contributed by atoms with Gasteiger partial charge < -0.3 is 14.9 Å². The Kier molecular flexibility index (Phi) is 3.95. The maximum Gasteiger partial charge on any atom is 0.247 e. The van der Waals surface area contributed by atoms with Crippen LogP contribution < -0.4 is 4.90 Å². The smallest absolute Gasteiger partial charge is 0.247 e. The normalized spacial score (nSPS) is 16.6. The van der Waals surface area contributed by atoms with E-state index in [2.05, 4.69) is 15.0 Å². The van der Waals surface area contributed by atoms with Crippen LogP contribution in [0, 0.1) is 0 Å². The second kappa shape index (κ2) is 6.05. The molecule has 1 amide bonds. The third-order valence-electron chi connectivity index (χ3n) is 4.00. The number of para-hydroxylation sites is 2. The Bertz CT molecular complexity index is 635. The Labute approximate surface area is 128 Å². The highest BCUT2D eigenvalue weighted by atomic mass is 16.3. The Morgan fingerprint density at radius 2 is 1.95 bits per heavy atom. The molecule has 1 aromatic carbocycles. The summed E-state index contributed by atoms with van der Waals surface area (Å²) in [5.41, 5.74) is 0.818. The van der Waals surface area contributed by atoms with Gasteiger partial charge in [0.15, 0.2) is 0 Å². The first-order valence-electron chi connectivity index (χ1n) is 7.32. The molecule has 1 aliphatic heterocycles. The highest BCUT2D eigenvalue weighted by Crippen LogP contribution is 2.27. The number of nitrogens with zero attached hydrogens (tertiary/aromatic N) is 5. The van der Waals surface area contributed by atoms with E-state index < -0.39 is 0 Å². The Hall–Kier alpha value is -2.57. The zero-order valence-electron chi connectivity index (χ0n) is 12.5. The number of aromatic hydroxyl groups is 1. The van der Waals surface area contributed by atoms with E-state index in [-0.39, 0.29) is 17.7 Å². The van der Waals surface area contributed by atoms with Crippen molar-refractivity contribution in [3.05, 3.63) is 36.9 Å². The van der Waals surface area contributed by atoms with Crippen molar-refractivity contribution in [1.82, 2.24) is 19.7 Å². The van der Waals surface area contributed by atoms with Gasteiger partial charge in [-0.05, 0) is 19.1 Å². The first kappa shape index (κ1) is 14.4. The zero-order chi connectivity index (χ0) is 15.5. The summed E-state index contributed by atoms with van der Waals surface area (Å²) in [5, 5.41) is 13.9. The van der Waals surface area contributed by atoms with Gasteiger partial charge in [-0.2, -0.15) is 5.10 Å². The topological polar surface area (TPSA) is 74.5 Å². The number of phenolic OH excluding ortho intramolecular Hbond substituents is 1. The number of anilines is 1. The van der Waals surface area contributed by atoms with Crippen LogP contribution in [-0.4, -0.2) is 56.9 Å². The second-order valence-electron chi connectivity index (χ2n) is 5.35. The van der Waals surface area contributed by atoms with E-state index in [0.717, 1.165) is 5.69 Å². The molecule has 0 saturated carbocycles. The van der Waals surface area contributed by atoms with E-state index >= 15 is 0 Å². The van der Waals surface area contributed by atoms with Crippen LogP contribution in [-0.2, 0) is 4.79 Å². The minimum Gasteiger partial charge on any atom is -0.506 e. The maximum atomic E-state index is 12.5. The van der Waals surface area contributed by atoms with Gasteiger partial charge in [-0.3, -0.25) is 4.79 Å². The molecule has 7 nitrogen and oxygen atoms in total. The zero-order valence-corrected chi connectivity index (χ0v) is 12.5. The molecule has 7 heteroatoms. The van der Waals surface area contributed by atoms with Crippen molar-refractivity contribution in [3.63, 3.8) is 0 Å². The predicted molar refractivity (Wildman–Crippen MR) is 81.6 cm³/mol. The summed E-state index contributed by atoms with van der Waals surface area (Å²) < 4.78 is 1.57. The molecule has 1 aliphatic rings. The molecule has 0 spiro atoms. The van der Waals surface area contributed by atoms with Crippen molar-refractivity contribution in [2.24, 2.45) is 0 Å². The molecule has 0 aliphatic carbocycles. The third-order valence-corrected chi connectivity index (χ3v) is 4.00. The van der Waals surface area contributed by atoms with Gasteiger partial charge >= 0.3 is 0 Å². The molecule has 1 N–H and O–H groups in total. The number of amides is 1. The summed E-state index contributed by atoms with van der Waals surface area (Å²) in [6.07, 6.45) is 2.99. The fraction of sp³-hybridized carbons (Fsp3) is 0.400. The largest absolute Gasteiger partial charge is 0.506 e. The van der Waals surface area contributed by atoms with Crippen LogP contribution in [0.25, 0.3) is 0 Å². The van der Waals surface area contributed by atoms with Gasteiger partial charge in [0.25, 0.3) is 0 Å². The molecule has 1 unspecified atom stereocenters. The average molecular weight is 301 g/mol. The summed E-state index contributed by atoms with van der Waals surface area (Å²) in [4.78, 5) is 20.3. The van der Waals surface area contributed by atoms with Gasteiger partial charge in [0.05, 0.1) is 5.69 Å². The van der Waals surface area contributed by atoms with E-state index in [1.807, 2.05) is 24.0 Å². The molecule has 1 atom stereocenters. The van der Waals surface area contributed by atoms with Crippen LogP contribution in [0.5, 0.6) is 5.75 Å². The molecular formula is C15H19N5O2. The minimum absolute atomic E-state index is 0.0439. The summed E-state index contributed by atoms with van der Waals surface area (Å²) in [7, 11) is 0. The molecule has 2 aromatic rings. The van der Waals surface area contributed by atoms with E-state index in [1.54, 1.807) is 23.1 Å². The van der Waals surface area contributed by atoms with E-state index in [9.17, 15) is 9.90 Å². The number of carbonyl (C=O) groups is 1. The number of piperazine rings is 1. The summed E-state index contributed by atoms with van der Waals surface area (Å²) in [6, 6.07) is 6.93. The van der Waals surface area contributed by atoms with Gasteiger partial charge in [-0.1, -0.05) is 12.1 Å². The molecule has 116 valence electrons. The SMILES string of the molecule is CC(C(=O)N1CCN(c2ccccc2O)CC1)n1cncn1. The number of benzene rings is 1. The van der Waals surface area contributed by atoms with E-state index in [4.69, 9.17) is 0 Å². The standard InChI is InChI=1S/C15H19N5O2/c1-12(20-11-16-10-17-20)15(22)19-8-6-18(7-9-19)13-4-2-3-5-14(13)21/h2-5,10-12,21H,6-9H2,1H3. The molecule has 1 fully saturated rings. The van der Waals surface area contributed by atoms with E-state index in [0.29, 0.717) is 26.2 Å². The molecular weight excluding hydrogens is 282 g/mol. The molecule has 2 heterocycles. The highest BCUT2D eigenvalue weighted by molar-refractivity contribution is 5.80. The van der Waals surface area contributed by atoms with Crippen molar-refractivity contribution in [1.29, 1.82) is 0 Å². The predicted octanol–water partition coefficient (Wildman–Crippen LogP) is 0.893. The van der Waals surface area contributed by atoms with Crippen molar-refractivity contribution in [2.75, 3.05) is 31.1 Å². The van der Waals surface area contributed by atoms with Gasteiger partial charge in [0.1, 0.15) is 24.4 Å². The van der Waals surface area contributed by atoms with Crippen LogP contribution in [0.4, 0.5) is 5.69 Å². The lowest BCUT2D eigenvalue weighted by Gasteiger charge is -2.37. The van der Waals surface area contributed by atoms with Gasteiger partial charge in [0, 0.05) is 26.2 Å². The third kappa shape index (κ3) is 2.74. The monoisotopic (exact) mass is 301 g/mol. The lowest BCUT2D eigenvalue weighted by Crippen LogP contribution is -2.50. The Morgan fingerprint density at radius 3 is 2.59 bits per heavy atom. The Morgan fingerprint density at radius 1 is 1.23 bits per heavy atom. The van der Waals surface area contributed by atoms with Gasteiger partial charge in [-0.25, -0.2) is 9.67 Å². The van der Waals surface area contributed by atoms with Crippen molar-refractivity contribution < 1.29 is 9.90 Å². The van der Waals surface area contributed by atoms with Gasteiger partial charge in [-0.15, -0.1) is 0 Å². The first-order valence-corrected chi connectivity index (χ1v) is 7.32. The molecule has 0 bridgehead atoms. The number of aromatic nitrogens is 3. The van der Waals surface area contributed by atoms with Crippen LogP contribution in [0.15, 0.2) is 36.9 Å². The van der Waals surface area contributed by atoms with Crippen molar-refractivity contribution in [3.8, 4) is 5.75 Å². The van der Waals surface area contributed by atoms with E-state index in [1.165, 1.54) is 6.33 Å². The average Bonchev–Trinajstić information content (AvgIpc) is 3.09. The first-order chi connectivity index (χ1) is 10.7. The number of rotatable bonds is 3. The molecule has 1 aromatic heterocycles. The number of hydrogen-bond donors (Lipinski definition) is 1. The summed E-state index contributed by atoms with van der Waals surface area (Å²) >= 11 is 0. The van der Waals surface area contributed by atoms with Crippen molar-refractivity contribution >= 4 is 11.6 Å². The molecule has 22 heavy (non-hydrogen) atoms. The fourth-order valence-electron chi connectivity index (χ4n) is 2.69. The lowest BCUT2D eigenvalue weighted by molar-refractivity contribution is -0.134. The fourth-order valence-corrected chi connectivity index (χ4v) is 2.69. The Balaban J connectivity index is 1.62. The lowest BCUT2D eigenvalue weighted by atomic mass is 10.2. The molecule has 1 saturated heterocycles. The van der Waals surface area contributed by atoms with Gasteiger partial charge in [0.2, 0.25) is 5.91 Å². The quantitative estimate of drug-likeness (QED) is 0.911. The highest BCUT2D eigenvalue weighted by Gasteiger charge is 2.26. The summed E-state index contributed by atoms with van der Waals surface area (Å²) in [5.74, 6) is 0.320. The van der Waals surface area contributed by atoms with Crippen molar-refractivity contribution in [2.45, 2.75) is 13.0 Å². The molecule has 3 rings (SSSR count). The number of hydrogen-bond acceptors (Lipinski definition) is 5. The second-order valence-corrected chi connectivity index (χ2v) is 5.35. The number of phenols is 1.